The summed E-state index contributed by atoms with van der Waals surface area (Å²) >= 11 is 6.10. The number of halogens is 1. The van der Waals surface area contributed by atoms with E-state index in [4.69, 9.17) is 16.3 Å². The number of morpholine rings is 1. The number of ether oxygens (including phenoxy) is 1. The fraction of sp³-hybridized carbons (Fsp3) is 0.381. The van der Waals surface area contributed by atoms with Gasteiger partial charge in [-0.2, -0.15) is 0 Å². The van der Waals surface area contributed by atoms with Crippen molar-refractivity contribution in [2.75, 3.05) is 38.2 Å². The van der Waals surface area contributed by atoms with E-state index in [1.807, 2.05) is 24.3 Å². The Morgan fingerprint density at radius 2 is 1.96 bits per heavy atom. The molecule has 5 nitrogen and oxygen atoms in total. The van der Waals surface area contributed by atoms with Crippen molar-refractivity contribution < 1.29 is 9.53 Å². The van der Waals surface area contributed by atoms with Crippen LogP contribution in [0.4, 0.5) is 5.69 Å². The van der Waals surface area contributed by atoms with Crippen LogP contribution in [0.1, 0.15) is 22.8 Å². The standard InChI is InChI=1S/C21H26ClN3O2/c1-16(15-25-9-11-27-12-10-25)23-14-17-5-4-6-18(13-17)24-21(26)19-7-2-3-8-20(19)22/h2-8,13,16,23H,9-12,14-15H2,1H3,(H,24,26). The first-order valence-electron chi connectivity index (χ1n) is 9.30. The van der Waals surface area contributed by atoms with Gasteiger partial charge in [-0.05, 0) is 36.8 Å². The van der Waals surface area contributed by atoms with Gasteiger partial charge in [0.15, 0.2) is 0 Å². The predicted octanol–water partition coefficient (Wildman–Crippen LogP) is 3.40. The topological polar surface area (TPSA) is 53.6 Å². The zero-order chi connectivity index (χ0) is 19.1. The van der Waals surface area contributed by atoms with Crippen molar-refractivity contribution in [3.63, 3.8) is 0 Å². The van der Waals surface area contributed by atoms with E-state index in [0.29, 0.717) is 16.6 Å². The Balaban J connectivity index is 1.52. The van der Waals surface area contributed by atoms with E-state index in [-0.39, 0.29) is 5.91 Å². The Morgan fingerprint density at radius 1 is 1.19 bits per heavy atom. The number of carbonyl (C=O) groups excluding carboxylic acids is 1. The number of hydrogen-bond acceptors (Lipinski definition) is 4. The molecule has 0 aliphatic carbocycles. The van der Waals surface area contributed by atoms with Crippen LogP contribution in [-0.2, 0) is 11.3 Å². The monoisotopic (exact) mass is 387 g/mol. The molecule has 0 spiro atoms. The third kappa shape index (κ3) is 6.04. The molecule has 1 aliphatic rings. The molecule has 0 aromatic heterocycles. The molecular formula is C21H26ClN3O2. The van der Waals surface area contributed by atoms with Crippen molar-refractivity contribution in [2.24, 2.45) is 0 Å². The highest BCUT2D eigenvalue weighted by Gasteiger charge is 2.13. The lowest BCUT2D eigenvalue weighted by Crippen LogP contribution is -2.44. The first kappa shape index (κ1) is 19.8. The molecule has 3 rings (SSSR count). The normalized spacial score (nSPS) is 16.1. The van der Waals surface area contributed by atoms with E-state index in [1.54, 1.807) is 18.2 Å². The second-order valence-corrected chi connectivity index (χ2v) is 7.24. The van der Waals surface area contributed by atoms with Crippen molar-refractivity contribution in [1.82, 2.24) is 10.2 Å². The van der Waals surface area contributed by atoms with Crippen LogP contribution in [0.5, 0.6) is 0 Å². The minimum absolute atomic E-state index is 0.202. The quantitative estimate of drug-likeness (QED) is 0.764. The summed E-state index contributed by atoms with van der Waals surface area (Å²) in [5.74, 6) is -0.202. The maximum Gasteiger partial charge on any atom is 0.257 e. The Kier molecular flexibility index (Phi) is 7.24. The van der Waals surface area contributed by atoms with Gasteiger partial charge in [0.25, 0.3) is 5.91 Å². The minimum atomic E-state index is -0.202. The second kappa shape index (κ2) is 9.85. The van der Waals surface area contributed by atoms with Crippen molar-refractivity contribution in [3.8, 4) is 0 Å². The van der Waals surface area contributed by atoms with Gasteiger partial charge in [0.1, 0.15) is 0 Å². The molecule has 1 heterocycles. The van der Waals surface area contributed by atoms with Crippen LogP contribution in [0.15, 0.2) is 48.5 Å². The van der Waals surface area contributed by atoms with Crippen LogP contribution in [-0.4, -0.2) is 49.7 Å². The van der Waals surface area contributed by atoms with Gasteiger partial charge in [0.05, 0.1) is 23.8 Å². The van der Waals surface area contributed by atoms with Gasteiger partial charge in [-0.15, -0.1) is 0 Å². The summed E-state index contributed by atoms with van der Waals surface area (Å²) in [6, 6.07) is 15.3. The summed E-state index contributed by atoms with van der Waals surface area (Å²) in [6.07, 6.45) is 0. The fourth-order valence-corrected chi connectivity index (χ4v) is 3.35. The van der Waals surface area contributed by atoms with Crippen molar-refractivity contribution in [1.29, 1.82) is 0 Å². The highest BCUT2D eigenvalue weighted by Crippen LogP contribution is 2.18. The number of anilines is 1. The van der Waals surface area contributed by atoms with Gasteiger partial charge >= 0.3 is 0 Å². The van der Waals surface area contributed by atoms with Crippen LogP contribution < -0.4 is 10.6 Å². The predicted molar refractivity (Wildman–Crippen MR) is 109 cm³/mol. The molecule has 1 fully saturated rings. The van der Waals surface area contributed by atoms with E-state index in [1.165, 1.54) is 0 Å². The number of nitrogens with zero attached hydrogens (tertiary/aromatic N) is 1. The highest BCUT2D eigenvalue weighted by molar-refractivity contribution is 6.34. The molecule has 0 bridgehead atoms. The molecule has 1 aliphatic heterocycles. The number of nitrogens with one attached hydrogen (secondary N) is 2. The zero-order valence-electron chi connectivity index (χ0n) is 15.6. The molecule has 1 unspecified atom stereocenters. The lowest BCUT2D eigenvalue weighted by Gasteiger charge is -2.29. The third-order valence-corrected chi connectivity index (χ3v) is 4.92. The first-order valence-corrected chi connectivity index (χ1v) is 9.68. The van der Waals surface area contributed by atoms with Crippen LogP contribution in [0.3, 0.4) is 0 Å². The van der Waals surface area contributed by atoms with E-state index < -0.39 is 0 Å². The van der Waals surface area contributed by atoms with Gasteiger partial charge in [-0.25, -0.2) is 0 Å². The molecule has 1 atom stereocenters. The summed E-state index contributed by atoms with van der Waals surface area (Å²) in [5.41, 5.74) is 2.36. The maximum atomic E-state index is 12.4. The fourth-order valence-electron chi connectivity index (χ4n) is 3.13. The minimum Gasteiger partial charge on any atom is -0.379 e. The zero-order valence-corrected chi connectivity index (χ0v) is 16.3. The average molecular weight is 388 g/mol. The third-order valence-electron chi connectivity index (χ3n) is 4.59. The highest BCUT2D eigenvalue weighted by atomic mass is 35.5. The number of carbonyl (C=O) groups is 1. The smallest absolute Gasteiger partial charge is 0.257 e. The SMILES string of the molecule is CC(CN1CCOCC1)NCc1cccc(NC(=O)c2ccccc2Cl)c1. The van der Waals surface area contributed by atoms with E-state index >= 15 is 0 Å². The van der Waals surface area contributed by atoms with Gasteiger partial charge in [0.2, 0.25) is 0 Å². The molecule has 0 saturated carbocycles. The van der Waals surface area contributed by atoms with Gasteiger partial charge in [0, 0.05) is 37.9 Å². The summed E-state index contributed by atoms with van der Waals surface area (Å²) in [4.78, 5) is 14.8. The van der Waals surface area contributed by atoms with Crippen LogP contribution >= 0.6 is 11.6 Å². The molecule has 144 valence electrons. The molecule has 2 aromatic carbocycles. The molecular weight excluding hydrogens is 362 g/mol. The maximum absolute atomic E-state index is 12.4. The number of hydrogen-bond donors (Lipinski definition) is 2. The largest absolute Gasteiger partial charge is 0.379 e. The van der Waals surface area contributed by atoms with E-state index in [9.17, 15) is 4.79 Å². The van der Waals surface area contributed by atoms with E-state index in [0.717, 1.165) is 50.6 Å². The summed E-state index contributed by atoms with van der Waals surface area (Å²) in [7, 11) is 0. The number of rotatable bonds is 7. The van der Waals surface area contributed by atoms with Crippen molar-refractivity contribution in [3.05, 3.63) is 64.7 Å². The molecule has 1 saturated heterocycles. The van der Waals surface area contributed by atoms with Crippen molar-refractivity contribution in [2.45, 2.75) is 19.5 Å². The van der Waals surface area contributed by atoms with Gasteiger partial charge in [-0.3, -0.25) is 9.69 Å². The van der Waals surface area contributed by atoms with Crippen LogP contribution in [0.2, 0.25) is 5.02 Å². The van der Waals surface area contributed by atoms with E-state index in [2.05, 4.69) is 28.5 Å². The molecule has 27 heavy (non-hydrogen) atoms. The van der Waals surface area contributed by atoms with Crippen molar-refractivity contribution >= 4 is 23.2 Å². The average Bonchev–Trinajstić information content (AvgIpc) is 2.68. The van der Waals surface area contributed by atoms with Gasteiger partial charge < -0.3 is 15.4 Å². The van der Waals surface area contributed by atoms with Crippen LogP contribution in [0, 0.1) is 0 Å². The molecule has 1 amide bonds. The molecule has 2 aromatic rings. The lowest BCUT2D eigenvalue weighted by atomic mass is 10.1. The molecule has 0 radical (unpaired) electrons. The Hall–Kier alpha value is -1.92. The molecule has 6 heteroatoms. The Morgan fingerprint density at radius 3 is 2.74 bits per heavy atom. The summed E-state index contributed by atoms with van der Waals surface area (Å²) in [6.45, 7) is 7.58. The van der Waals surface area contributed by atoms with Crippen LogP contribution in [0.25, 0.3) is 0 Å². The first-order chi connectivity index (χ1) is 13.1. The second-order valence-electron chi connectivity index (χ2n) is 6.83. The van der Waals surface area contributed by atoms with Gasteiger partial charge in [-0.1, -0.05) is 35.9 Å². The molecule has 2 N–H and O–H groups in total. The summed E-state index contributed by atoms with van der Waals surface area (Å²) in [5, 5.41) is 6.92. The Bertz CT molecular complexity index is 763. The number of benzene rings is 2. The Labute approximate surface area is 165 Å². The lowest BCUT2D eigenvalue weighted by molar-refractivity contribution is 0.0343. The number of amides is 1. The summed E-state index contributed by atoms with van der Waals surface area (Å²) < 4.78 is 5.39.